The maximum atomic E-state index is 5.74. The highest BCUT2D eigenvalue weighted by Gasteiger charge is 2.17. The van der Waals surface area contributed by atoms with Gasteiger partial charge < -0.3 is 10.1 Å². The van der Waals surface area contributed by atoms with Gasteiger partial charge in [-0.05, 0) is 36.2 Å². The Morgan fingerprint density at radius 2 is 2.11 bits per heavy atom. The molecule has 1 aliphatic heterocycles. The molecule has 2 nitrogen and oxygen atoms in total. The first-order chi connectivity index (χ1) is 9.24. The van der Waals surface area contributed by atoms with Crippen molar-refractivity contribution in [1.29, 1.82) is 0 Å². The molecule has 0 aliphatic carbocycles. The van der Waals surface area contributed by atoms with E-state index in [0.29, 0.717) is 0 Å². The number of benzene rings is 2. The van der Waals surface area contributed by atoms with E-state index in [2.05, 4.69) is 64.6 Å². The number of para-hydroxylation sites is 1. The summed E-state index contributed by atoms with van der Waals surface area (Å²) in [6.07, 6.45) is 1.01. The van der Waals surface area contributed by atoms with Crippen molar-refractivity contribution < 1.29 is 4.74 Å². The lowest BCUT2D eigenvalue weighted by Gasteiger charge is -2.12. The van der Waals surface area contributed by atoms with Crippen LogP contribution >= 0.6 is 15.9 Å². The van der Waals surface area contributed by atoms with Gasteiger partial charge in [0.2, 0.25) is 0 Å². The smallest absolute Gasteiger partial charge is 0.127 e. The van der Waals surface area contributed by atoms with Crippen molar-refractivity contribution in [2.24, 2.45) is 0 Å². The average molecular weight is 318 g/mol. The number of nitrogens with one attached hydrogen (secondary N) is 1. The summed E-state index contributed by atoms with van der Waals surface area (Å²) in [4.78, 5) is 0. The molecule has 2 aromatic rings. The van der Waals surface area contributed by atoms with Crippen LogP contribution in [0.25, 0.3) is 0 Å². The Balaban J connectivity index is 1.83. The molecule has 1 heterocycles. The minimum Gasteiger partial charge on any atom is -0.493 e. The fourth-order valence-electron chi connectivity index (χ4n) is 2.44. The maximum absolute atomic E-state index is 5.74. The number of anilines is 1. The zero-order valence-electron chi connectivity index (χ0n) is 10.9. The van der Waals surface area contributed by atoms with Crippen LogP contribution in [0, 0.1) is 6.92 Å². The molecule has 2 aromatic carbocycles. The summed E-state index contributed by atoms with van der Waals surface area (Å²) in [5.41, 5.74) is 4.95. The quantitative estimate of drug-likeness (QED) is 0.911. The van der Waals surface area contributed by atoms with Crippen molar-refractivity contribution in [3.05, 3.63) is 57.6 Å². The Labute approximate surface area is 121 Å². The van der Waals surface area contributed by atoms with Crippen molar-refractivity contribution in [3.63, 3.8) is 0 Å². The van der Waals surface area contributed by atoms with E-state index in [1.165, 1.54) is 22.4 Å². The van der Waals surface area contributed by atoms with E-state index < -0.39 is 0 Å². The molecule has 0 saturated heterocycles. The van der Waals surface area contributed by atoms with E-state index in [4.69, 9.17) is 4.74 Å². The van der Waals surface area contributed by atoms with Gasteiger partial charge >= 0.3 is 0 Å². The predicted molar refractivity (Wildman–Crippen MR) is 81.8 cm³/mol. The lowest BCUT2D eigenvalue weighted by Crippen LogP contribution is -2.02. The lowest BCUT2D eigenvalue weighted by atomic mass is 10.1. The third-order valence-electron chi connectivity index (χ3n) is 3.44. The SMILES string of the molecule is Cc1ccccc1NCc1cc(Br)cc2c1OCC2. The molecule has 1 aliphatic rings. The van der Waals surface area contributed by atoms with Crippen LogP contribution in [-0.4, -0.2) is 6.61 Å². The molecule has 1 N–H and O–H groups in total. The van der Waals surface area contributed by atoms with Gasteiger partial charge in [0, 0.05) is 28.7 Å². The van der Waals surface area contributed by atoms with Gasteiger partial charge in [-0.3, -0.25) is 0 Å². The van der Waals surface area contributed by atoms with Crippen LogP contribution in [0.2, 0.25) is 0 Å². The van der Waals surface area contributed by atoms with E-state index in [9.17, 15) is 0 Å². The molecule has 0 radical (unpaired) electrons. The van der Waals surface area contributed by atoms with Gasteiger partial charge in [-0.2, -0.15) is 0 Å². The highest BCUT2D eigenvalue weighted by molar-refractivity contribution is 9.10. The summed E-state index contributed by atoms with van der Waals surface area (Å²) in [5.74, 6) is 1.06. The third-order valence-corrected chi connectivity index (χ3v) is 3.90. The van der Waals surface area contributed by atoms with E-state index in [-0.39, 0.29) is 0 Å². The van der Waals surface area contributed by atoms with Crippen LogP contribution in [0.3, 0.4) is 0 Å². The number of hydrogen-bond acceptors (Lipinski definition) is 2. The van der Waals surface area contributed by atoms with Crippen LogP contribution in [-0.2, 0) is 13.0 Å². The van der Waals surface area contributed by atoms with Crippen molar-refractivity contribution >= 4 is 21.6 Å². The Bertz CT molecular complexity index is 610. The number of ether oxygens (including phenoxy) is 1. The molecule has 0 bridgehead atoms. The van der Waals surface area contributed by atoms with Gasteiger partial charge in [-0.1, -0.05) is 34.1 Å². The molecule has 0 amide bonds. The molecule has 0 saturated carbocycles. The van der Waals surface area contributed by atoms with E-state index in [1.807, 2.05) is 0 Å². The second-order valence-corrected chi connectivity index (χ2v) is 5.74. The Morgan fingerprint density at radius 1 is 1.26 bits per heavy atom. The minimum absolute atomic E-state index is 0.784. The number of hydrogen-bond donors (Lipinski definition) is 1. The molecular weight excluding hydrogens is 302 g/mol. The van der Waals surface area contributed by atoms with E-state index >= 15 is 0 Å². The number of aryl methyl sites for hydroxylation is 1. The predicted octanol–water partition coefficient (Wildman–Crippen LogP) is 4.30. The van der Waals surface area contributed by atoms with Gasteiger partial charge in [-0.25, -0.2) is 0 Å². The van der Waals surface area contributed by atoms with Crippen molar-refractivity contribution in [2.45, 2.75) is 19.9 Å². The standard InChI is InChI=1S/C16H16BrNO/c1-11-4-2-3-5-15(11)18-10-13-9-14(17)8-12-6-7-19-16(12)13/h2-5,8-9,18H,6-7,10H2,1H3. The first-order valence-corrected chi connectivity index (χ1v) is 7.27. The van der Waals surface area contributed by atoms with Gasteiger partial charge in [0.1, 0.15) is 5.75 Å². The van der Waals surface area contributed by atoms with Crippen molar-refractivity contribution in [1.82, 2.24) is 0 Å². The highest BCUT2D eigenvalue weighted by atomic mass is 79.9. The molecule has 19 heavy (non-hydrogen) atoms. The number of halogens is 1. The molecule has 0 fully saturated rings. The van der Waals surface area contributed by atoms with Crippen LogP contribution < -0.4 is 10.1 Å². The summed E-state index contributed by atoms with van der Waals surface area (Å²) in [6, 6.07) is 12.6. The Hall–Kier alpha value is -1.48. The van der Waals surface area contributed by atoms with Crippen molar-refractivity contribution in [2.75, 3.05) is 11.9 Å². The van der Waals surface area contributed by atoms with E-state index in [0.717, 1.165) is 29.8 Å². The normalized spacial score (nSPS) is 12.9. The first-order valence-electron chi connectivity index (χ1n) is 6.47. The van der Waals surface area contributed by atoms with Gasteiger partial charge in [0.05, 0.1) is 6.61 Å². The highest BCUT2D eigenvalue weighted by Crippen LogP contribution is 2.33. The third kappa shape index (κ3) is 2.61. The largest absolute Gasteiger partial charge is 0.493 e. The van der Waals surface area contributed by atoms with Crippen LogP contribution in [0.15, 0.2) is 40.9 Å². The van der Waals surface area contributed by atoms with Gasteiger partial charge in [-0.15, -0.1) is 0 Å². The van der Waals surface area contributed by atoms with Gasteiger partial charge in [0.25, 0.3) is 0 Å². The molecule has 3 rings (SSSR count). The molecule has 0 aromatic heterocycles. The van der Waals surface area contributed by atoms with Gasteiger partial charge in [0.15, 0.2) is 0 Å². The Kier molecular flexibility index (Phi) is 3.47. The van der Waals surface area contributed by atoms with Crippen LogP contribution in [0.5, 0.6) is 5.75 Å². The molecule has 0 unspecified atom stereocenters. The topological polar surface area (TPSA) is 21.3 Å². The maximum Gasteiger partial charge on any atom is 0.127 e. The van der Waals surface area contributed by atoms with E-state index in [1.54, 1.807) is 0 Å². The average Bonchev–Trinajstić information content (AvgIpc) is 2.85. The molecule has 0 spiro atoms. The molecule has 0 atom stereocenters. The van der Waals surface area contributed by atoms with Crippen LogP contribution in [0.1, 0.15) is 16.7 Å². The zero-order valence-corrected chi connectivity index (χ0v) is 12.5. The Morgan fingerprint density at radius 3 is 2.95 bits per heavy atom. The molecular formula is C16H16BrNO. The summed E-state index contributed by atoms with van der Waals surface area (Å²) < 4.78 is 6.87. The summed E-state index contributed by atoms with van der Waals surface area (Å²) in [7, 11) is 0. The second-order valence-electron chi connectivity index (χ2n) is 4.82. The summed E-state index contributed by atoms with van der Waals surface area (Å²) in [5, 5.41) is 3.49. The first kappa shape index (κ1) is 12.5. The summed E-state index contributed by atoms with van der Waals surface area (Å²) in [6.45, 7) is 3.69. The van der Waals surface area contributed by atoms with Crippen LogP contribution in [0.4, 0.5) is 5.69 Å². The fourth-order valence-corrected chi connectivity index (χ4v) is 2.99. The molecule has 3 heteroatoms. The zero-order chi connectivity index (χ0) is 13.2. The minimum atomic E-state index is 0.784. The molecule has 98 valence electrons. The number of rotatable bonds is 3. The lowest BCUT2D eigenvalue weighted by molar-refractivity contribution is 0.354. The van der Waals surface area contributed by atoms with Crippen molar-refractivity contribution in [3.8, 4) is 5.75 Å². The monoisotopic (exact) mass is 317 g/mol. The fraction of sp³-hybridized carbons (Fsp3) is 0.250. The second kappa shape index (κ2) is 5.25. The number of fused-ring (bicyclic) bond motifs is 1. The summed E-state index contributed by atoms with van der Waals surface area (Å²) >= 11 is 3.57.